The quantitative estimate of drug-likeness (QED) is 0.822. The van der Waals surface area contributed by atoms with Crippen molar-refractivity contribution in [1.29, 1.82) is 0 Å². The maximum absolute atomic E-state index is 13.1. The maximum atomic E-state index is 13.1. The van der Waals surface area contributed by atoms with E-state index in [-0.39, 0.29) is 5.56 Å². The summed E-state index contributed by atoms with van der Waals surface area (Å²) in [6, 6.07) is 4.10. The first-order valence-electron chi connectivity index (χ1n) is 4.96. The Morgan fingerprint density at radius 2 is 1.83 bits per heavy atom. The number of thiophene rings is 1. The summed E-state index contributed by atoms with van der Waals surface area (Å²) < 4.78 is 50.6. The van der Waals surface area contributed by atoms with Crippen LogP contribution in [0.2, 0.25) is 0 Å². The van der Waals surface area contributed by atoms with E-state index in [0.29, 0.717) is 17.7 Å². The lowest BCUT2D eigenvalue weighted by molar-refractivity contribution is -0.140. The maximum Gasteiger partial charge on any atom is 0.419 e. The summed E-state index contributed by atoms with van der Waals surface area (Å²) in [5, 5.41) is 13.2. The van der Waals surface area contributed by atoms with Crippen LogP contribution in [0.3, 0.4) is 0 Å². The van der Waals surface area contributed by atoms with Gasteiger partial charge < -0.3 is 5.11 Å². The Kier molecular flexibility index (Phi) is 3.41. The molecule has 0 aliphatic carbocycles. The van der Waals surface area contributed by atoms with Gasteiger partial charge in [0.1, 0.15) is 11.9 Å². The summed E-state index contributed by atoms with van der Waals surface area (Å²) in [5.41, 5.74) is -0.865. The van der Waals surface area contributed by atoms with Gasteiger partial charge in [0.2, 0.25) is 0 Å². The molecule has 0 saturated carbocycles. The first-order valence-corrected chi connectivity index (χ1v) is 5.90. The number of benzene rings is 1. The van der Waals surface area contributed by atoms with Crippen molar-refractivity contribution >= 4 is 11.3 Å². The second-order valence-corrected chi connectivity index (χ2v) is 4.48. The van der Waals surface area contributed by atoms with Gasteiger partial charge >= 0.3 is 6.18 Å². The van der Waals surface area contributed by atoms with Gasteiger partial charge in [-0.25, -0.2) is 4.39 Å². The SMILES string of the molecule is OC(c1ccsc1)c1ccc(F)c(C(F)(F)F)c1. The van der Waals surface area contributed by atoms with Gasteiger partial charge in [-0.1, -0.05) is 6.07 Å². The van der Waals surface area contributed by atoms with E-state index in [9.17, 15) is 22.7 Å². The van der Waals surface area contributed by atoms with Crippen molar-refractivity contribution < 1.29 is 22.7 Å². The highest BCUT2D eigenvalue weighted by atomic mass is 32.1. The zero-order valence-electron chi connectivity index (χ0n) is 8.91. The molecule has 0 spiro atoms. The van der Waals surface area contributed by atoms with Crippen molar-refractivity contribution in [2.24, 2.45) is 0 Å². The normalized spacial score (nSPS) is 13.6. The number of rotatable bonds is 2. The summed E-state index contributed by atoms with van der Waals surface area (Å²) >= 11 is 1.32. The van der Waals surface area contributed by atoms with Gasteiger partial charge in [-0.2, -0.15) is 24.5 Å². The van der Waals surface area contributed by atoms with Crippen LogP contribution in [0.15, 0.2) is 35.0 Å². The Balaban J connectivity index is 2.42. The molecule has 0 fully saturated rings. The molecule has 1 nitrogen and oxygen atoms in total. The van der Waals surface area contributed by atoms with Crippen LogP contribution in [0, 0.1) is 5.82 Å². The van der Waals surface area contributed by atoms with Gasteiger partial charge in [-0.15, -0.1) is 0 Å². The minimum Gasteiger partial charge on any atom is -0.384 e. The molecule has 1 aromatic carbocycles. The minimum atomic E-state index is -4.77. The topological polar surface area (TPSA) is 20.2 Å². The molecule has 1 atom stereocenters. The van der Waals surface area contributed by atoms with E-state index in [1.54, 1.807) is 16.8 Å². The van der Waals surface area contributed by atoms with E-state index in [1.807, 2.05) is 0 Å². The molecule has 96 valence electrons. The zero-order chi connectivity index (χ0) is 13.3. The summed E-state index contributed by atoms with van der Waals surface area (Å²) in [4.78, 5) is 0. The molecule has 1 unspecified atom stereocenters. The van der Waals surface area contributed by atoms with Gasteiger partial charge in [-0.05, 0) is 40.1 Å². The average molecular weight is 276 g/mol. The second kappa shape index (κ2) is 4.70. The summed E-state index contributed by atoms with van der Waals surface area (Å²) in [6.07, 6.45) is -5.95. The minimum absolute atomic E-state index is 0.0159. The summed E-state index contributed by atoms with van der Waals surface area (Å²) in [5.74, 6) is -1.34. The van der Waals surface area contributed by atoms with Crippen molar-refractivity contribution in [3.05, 3.63) is 57.5 Å². The van der Waals surface area contributed by atoms with E-state index in [1.165, 1.54) is 11.3 Å². The summed E-state index contributed by atoms with van der Waals surface area (Å²) in [6.45, 7) is 0. The van der Waals surface area contributed by atoms with Crippen LogP contribution >= 0.6 is 11.3 Å². The Hall–Kier alpha value is -1.40. The van der Waals surface area contributed by atoms with Crippen LogP contribution < -0.4 is 0 Å². The average Bonchev–Trinajstić information content (AvgIpc) is 2.80. The number of aliphatic hydroxyl groups is 1. The molecule has 0 amide bonds. The number of hydrogen-bond acceptors (Lipinski definition) is 2. The third-order valence-electron chi connectivity index (χ3n) is 2.47. The molecule has 2 rings (SSSR count). The molecule has 1 heterocycles. The number of aliphatic hydroxyl groups excluding tert-OH is 1. The van der Waals surface area contributed by atoms with Gasteiger partial charge in [0.25, 0.3) is 0 Å². The highest BCUT2D eigenvalue weighted by molar-refractivity contribution is 7.07. The molecular weight excluding hydrogens is 268 g/mol. The third kappa shape index (κ3) is 2.54. The Morgan fingerprint density at radius 3 is 2.39 bits per heavy atom. The van der Waals surface area contributed by atoms with E-state index in [4.69, 9.17) is 0 Å². The Morgan fingerprint density at radius 1 is 1.11 bits per heavy atom. The van der Waals surface area contributed by atoms with Gasteiger partial charge in [0.05, 0.1) is 5.56 Å². The highest BCUT2D eigenvalue weighted by Crippen LogP contribution is 2.34. The highest BCUT2D eigenvalue weighted by Gasteiger charge is 2.34. The van der Waals surface area contributed by atoms with Gasteiger partial charge in [-0.3, -0.25) is 0 Å². The molecule has 1 N–H and O–H groups in total. The van der Waals surface area contributed by atoms with Crippen molar-refractivity contribution in [3.63, 3.8) is 0 Å². The third-order valence-corrected chi connectivity index (χ3v) is 3.17. The molecule has 0 aliphatic heterocycles. The fourth-order valence-electron chi connectivity index (χ4n) is 1.55. The molecule has 0 bridgehead atoms. The predicted molar refractivity (Wildman–Crippen MR) is 59.8 cm³/mol. The van der Waals surface area contributed by atoms with Crippen LogP contribution in [0.1, 0.15) is 22.8 Å². The molecule has 0 aliphatic rings. The van der Waals surface area contributed by atoms with Crippen LogP contribution in [0.4, 0.5) is 17.6 Å². The van der Waals surface area contributed by atoms with E-state index < -0.39 is 23.7 Å². The largest absolute Gasteiger partial charge is 0.419 e. The van der Waals surface area contributed by atoms with Crippen molar-refractivity contribution in [1.82, 2.24) is 0 Å². The van der Waals surface area contributed by atoms with Crippen LogP contribution in [0.5, 0.6) is 0 Å². The lowest BCUT2D eigenvalue weighted by Gasteiger charge is -2.13. The molecule has 18 heavy (non-hydrogen) atoms. The Labute approximate surface area is 104 Å². The monoisotopic (exact) mass is 276 g/mol. The van der Waals surface area contributed by atoms with Crippen molar-refractivity contribution in [3.8, 4) is 0 Å². The number of halogens is 4. The first kappa shape index (κ1) is 13.0. The second-order valence-electron chi connectivity index (χ2n) is 3.70. The standard InChI is InChI=1S/C12H8F4OS/c13-10-2-1-7(5-9(10)12(14,15)16)11(17)8-3-4-18-6-8/h1-6,11,17H. The fraction of sp³-hybridized carbons (Fsp3) is 0.167. The van der Waals surface area contributed by atoms with Gasteiger partial charge in [0.15, 0.2) is 0 Å². The number of hydrogen-bond donors (Lipinski definition) is 1. The van der Waals surface area contributed by atoms with Crippen LogP contribution in [-0.2, 0) is 6.18 Å². The first-order chi connectivity index (χ1) is 8.39. The molecule has 1 aromatic heterocycles. The Bertz CT molecular complexity index is 534. The smallest absolute Gasteiger partial charge is 0.384 e. The van der Waals surface area contributed by atoms with Crippen molar-refractivity contribution in [2.45, 2.75) is 12.3 Å². The zero-order valence-corrected chi connectivity index (χ0v) is 9.73. The van der Waals surface area contributed by atoms with E-state index in [0.717, 1.165) is 6.07 Å². The predicted octanol–water partition coefficient (Wildman–Crippen LogP) is 3.99. The van der Waals surface area contributed by atoms with Crippen LogP contribution in [-0.4, -0.2) is 5.11 Å². The molecular formula is C12H8F4OS. The molecule has 6 heteroatoms. The summed E-state index contributed by atoms with van der Waals surface area (Å²) in [7, 11) is 0. The van der Waals surface area contributed by atoms with E-state index >= 15 is 0 Å². The lowest BCUT2D eigenvalue weighted by atomic mass is 10.0. The molecule has 0 saturated heterocycles. The van der Waals surface area contributed by atoms with Gasteiger partial charge in [0, 0.05) is 0 Å². The molecule has 2 aromatic rings. The molecule has 0 radical (unpaired) electrons. The lowest BCUT2D eigenvalue weighted by Crippen LogP contribution is -2.10. The number of alkyl halides is 3. The van der Waals surface area contributed by atoms with E-state index in [2.05, 4.69) is 0 Å². The fourth-order valence-corrected chi connectivity index (χ4v) is 2.23. The van der Waals surface area contributed by atoms with Crippen LogP contribution in [0.25, 0.3) is 0 Å². The van der Waals surface area contributed by atoms with Crippen molar-refractivity contribution in [2.75, 3.05) is 0 Å².